The van der Waals surface area contributed by atoms with Gasteiger partial charge in [0.1, 0.15) is 17.3 Å². The second kappa shape index (κ2) is 7.59. The molecule has 1 N–H and O–H groups in total. The molecule has 0 spiro atoms. The van der Waals surface area contributed by atoms with Crippen LogP contribution in [0.5, 0.6) is 5.75 Å². The first-order chi connectivity index (χ1) is 13.0. The standard InChI is InChI=1S/C20H19FN2O4/c1-22(11-12-24)18-17(13-3-9-16(27-2)10-4-13)19(25)23(20(18)26)15-7-5-14(21)6-8-15/h3-10,24H,11-12H2,1-2H3. The number of imide groups is 1. The Morgan fingerprint density at radius 2 is 1.67 bits per heavy atom. The molecule has 27 heavy (non-hydrogen) atoms. The van der Waals surface area contributed by atoms with E-state index in [1.165, 1.54) is 31.4 Å². The van der Waals surface area contributed by atoms with Crippen LogP contribution in [0.25, 0.3) is 5.57 Å². The van der Waals surface area contributed by atoms with E-state index in [1.54, 1.807) is 36.2 Å². The van der Waals surface area contributed by atoms with Crippen molar-refractivity contribution in [3.63, 3.8) is 0 Å². The minimum Gasteiger partial charge on any atom is -0.497 e. The molecule has 0 saturated heterocycles. The fourth-order valence-corrected chi connectivity index (χ4v) is 2.98. The van der Waals surface area contributed by atoms with Crippen molar-refractivity contribution in [3.05, 3.63) is 65.6 Å². The van der Waals surface area contributed by atoms with Gasteiger partial charge in [0.2, 0.25) is 0 Å². The van der Waals surface area contributed by atoms with E-state index in [0.717, 1.165) is 4.90 Å². The molecular weight excluding hydrogens is 351 g/mol. The minimum absolute atomic E-state index is 0.173. The second-order valence-corrected chi connectivity index (χ2v) is 6.02. The molecule has 0 aliphatic carbocycles. The molecule has 140 valence electrons. The van der Waals surface area contributed by atoms with Crippen LogP contribution >= 0.6 is 0 Å². The van der Waals surface area contributed by atoms with Gasteiger partial charge in [-0.15, -0.1) is 0 Å². The molecule has 0 aromatic heterocycles. The first kappa shape index (κ1) is 18.6. The molecule has 3 rings (SSSR count). The van der Waals surface area contributed by atoms with E-state index in [0.29, 0.717) is 11.3 Å². The number of carbonyl (C=O) groups excluding carboxylic acids is 2. The van der Waals surface area contributed by atoms with Crippen molar-refractivity contribution >= 4 is 23.1 Å². The molecule has 0 bridgehead atoms. The molecule has 2 aromatic rings. The van der Waals surface area contributed by atoms with Gasteiger partial charge >= 0.3 is 0 Å². The number of benzene rings is 2. The van der Waals surface area contributed by atoms with E-state index in [9.17, 15) is 19.1 Å². The third-order valence-electron chi connectivity index (χ3n) is 4.34. The normalized spacial score (nSPS) is 14.1. The summed E-state index contributed by atoms with van der Waals surface area (Å²) in [5, 5.41) is 9.26. The summed E-state index contributed by atoms with van der Waals surface area (Å²) in [6.45, 7) is 0.0131. The summed E-state index contributed by atoms with van der Waals surface area (Å²) >= 11 is 0. The molecule has 6 nitrogen and oxygen atoms in total. The highest BCUT2D eigenvalue weighted by molar-refractivity contribution is 6.45. The maximum absolute atomic E-state index is 13.2. The fraction of sp³-hybridized carbons (Fsp3) is 0.200. The summed E-state index contributed by atoms with van der Waals surface area (Å²) < 4.78 is 18.4. The van der Waals surface area contributed by atoms with Crippen molar-refractivity contribution in [2.45, 2.75) is 0 Å². The maximum Gasteiger partial charge on any atom is 0.282 e. The largest absolute Gasteiger partial charge is 0.497 e. The summed E-state index contributed by atoms with van der Waals surface area (Å²) in [6, 6.07) is 11.9. The Kier molecular flexibility index (Phi) is 5.23. The Labute approximate surface area is 156 Å². The summed E-state index contributed by atoms with van der Waals surface area (Å²) in [6.07, 6.45) is 0. The lowest BCUT2D eigenvalue weighted by molar-refractivity contribution is -0.120. The highest BCUT2D eigenvalue weighted by Crippen LogP contribution is 2.34. The van der Waals surface area contributed by atoms with E-state index in [1.807, 2.05) is 0 Å². The third kappa shape index (κ3) is 3.41. The molecule has 0 unspecified atom stereocenters. The Morgan fingerprint density at radius 3 is 2.22 bits per heavy atom. The first-order valence-corrected chi connectivity index (χ1v) is 8.33. The Morgan fingerprint density at radius 1 is 1.04 bits per heavy atom. The van der Waals surface area contributed by atoms with Crippen LogP contribution in [0, 0.1) is 5.82 Å². The van der Waals surface area contributed by atoms with Crippen LogP contribution in [0.2, 0.25) is 0 Å². The number of rotatable bonds is 6. The lowest BCUT2D eigenvalue weighted by Gasteiger charge is -2.20. The van der Waals surface area contributed by atoms with Crippen molar-refractivity contribution in [1.29, 1.82) is 0 Å². The van der Waals surface area contributed by atoms with Crippen LogP contribution < -0.4 is 9.64 Å². The van der Waals surface area contributed by atoms with Crippen LogP contribution in [-0.2, 0) is 9.59 Å². The molecule has 7 heteroatoms. The van der Waals surface area contributed by atoms with Crippen molar-refractivity contribution in [1.82, 2.24) is 4.90 Å². The van der Waals surface area contributed by atoms with Gasteiger partial charge in [-0.3, -0.25) is 9.59 Å². The van der Waals surface area contributed by atoms with E-state index in [4.69, 9.17) is 4.74 Å². The number of halogens is 1. The summed E-state index contributed by atoms with van der Waals surface area (Å²) in [5.41, 5.74) is 1.25. The molecule has 0 radical (unpaired) electrons. The average molecular weight is 370 g/mol. The predicted octanol–water partition coefficient (Wildman–Crippen LogP) is 2.04. The first-order valence-electron chi connectivity index (χ1n) is 8.33. The molecule has 1 aliphatic rings. The molecule has 1 heterocycles. The molecule has 2 amide bonds. The Bertz CT molecular complexity index is 891. The number of amides is 2. The van der Waals surface area contributed by atoms with Crippen LogP contribution in [0.15, 0.2) is 54.2 Å². The highest BCUT2D eigenvalue weighted by atomic mass is 19.1. The number of likely N-dealkylation sites (N-methyl/N-ethyl adjacent to an activating group) is 1. The van der Waals surface area contributed by atoms with E-state index in [2.05, 4.69) is 0 Å². The zero-order valence-electron chi connectivity index (χ0n) is 15.0. The van der Waals surface area contributed by atoms with Gasteiger partial charge in [0.25, 0.3) is 11.8 Å². The van der Waals surface area contributed by atoms with Crippen LogP contribution in [-0.4, -0.2) is 49.1 Å². The molecular formula is C20H19FN2O4. The zero-order chi connectivity index (χ0) is 19.6. The van der Waals surface area contributed by atoms with Gasteiger partial charge in [-0.25, -0.2) is 9.29 Å². The molecule has 1 aliphatic heterocycles. The molecule has 0 fully saturated rings. The average Bonchev–Trinajstić information content (AvgIpc) is 2.93. The lowest BCUT2D eigenvalue weighted by Crippen LogP contribution is -2.34. The molecule has 2 aromatic carbocycles. The monoisotopic (exact) mass is 370 g/mol. The number of hydrogen-bond acceptors (Lipinski definition) is 5. The van der Waals surface area contributed by atoms with Gasteiger partial charge in [0.05, 0.1) is 25.0 Å². The Balaban J connectivity index is 2.09. The molecule has 0 atom stereocenters. The van der Waals surface area contributed by atoms with E-state index < -0.39 is 17.6 Å². The van der Waals surface area contributed by atoms with Gasteiger partial charge < -0.3 is 14.7 Å². The van der Waals surface area contributed by atoms with E-state index >= 15 is 0 Å². The number of aliphatic hydroxyl groups is 1. The van der Waals surface area contributed by atoms with Gasteiger partial charge in [0.15, 0.2) is 0 Å². The number of anilines is 1. The van der Waals surface area contributed by atoms with Crippen molar-refractivity contribution in [3.8, 4) is 5.75 Å². The number of ether oxygens (including phenoxy) is 1. The minimum atomic E-state index is -0.520. The third-order valence-corrected chi connectivity index (χ3v) is 4.34. The van der Waals surface area contributed by atoms with Gasteiger partial charge in [-0.05, 0) is 42.0 Å². The lowest BCUT2D eigenvalue weighted by atomic mass is 10.0. The summed E-state index contributed by atoms with van der Waals surface area (Å²) in [4.78, 5) is 28.7. The number of hydrogen-bond donors (Lipinski definition) is 1. The van der Waals surface area contributed by atoms with Crippen molar-refractivity contribution in [2.24, 2.45) is 0 Å². The van der Waals surface area contributed by atoms with Gasteiger partial charge in [0, 0.05) is 13.6 Å². The fourth-order valence-electron chi connectivity index (χ4n) is 2.98. The van der Waals surface area contributed by atoms with Crippen LogP contribution in [0.4, 0.5) is 10.1 Å². The highest BCUT2D eigenvalue weighted by Gasteiger charge is 2.41. The van der Waals surface area contributed by atoms with Gasteiger partial charge in [-0.1, -0.05) is 12.1 Å². The second-order valence-electron chi connectivity index (χ2n) is 6.02. The quantitative estimate of drug-likeness (QED) is 0.788. The Hall–Kier alpha value is -3.19. The van der Waals surface area contributed by atoms with Crippen LogP contribution in [0.3, 0.4) is 0 Å². The zero-order valence-corrected chi connectivity index (χ0v) is 15.0. The number of nitrogens with zero attached hydrogens (tertiary/aromatic N) is 2. The maximum atomic E-state index is 13.2. The van der Waals surface area contributed by atoms with E-state index in [-0.39, 0.29) is 30.1 Å². The number of aliphatic hydroxyl groups excluding tert-OH is 1. The smallest absolute Gasteiger partial charge is 0.282 e. The van der Waals surface area contributed by atoms with Crippen molar-refractivity contribution < 1.29 is 23.8 Å². The topological polar surface area (TPSA) is 70.1 Å². The van der Waals surface area contributed by atoms with Crippen LogP contribution in [0.1, 0.15) is 5.56 Å². The SMILES string of the molecule is COc1ccc(C2=C(N(C)CCO)C(=O)N(c3ccc(F)cc3)C2=O)cc1. The van der Waals surface area contributed by atoms with Gasteiger partial charge in [-0.2, -0.15) is 0 Å². The predicted molar refractivity (Wildman–Crippen MR) is 98.5 cm³/mol. The number of carbonyl (C=O) groups is 2. The van der Waals surface area contributed by atoms with Crippen molar-refractivity contribution in [2.75, 3.05) is 32.2 Å². The summed E-state index contributed by atoms with van der Waals surface area (Å²) in [5.74, 6) is -0.861. The summed E-state index contributed by atoms with van der Waals surface area (Å²) in [7, 11) is 3.17. The molecule has 0 saturated carbocycles. The number of methoxy groups -OCH3 is 1.